The van der Waals surface area contributed by atoms with Gasteiger partial charge in [-0.2, -0.15) is 5.10 Å². The first-order valence-corrected chi connectivity index (χ1v) is 6.73. The van der Waals surface area contributed by atoms with Gasteiger partial charge >= 0.3 is 0 Å². The van der Waals surface area contributed by atoms with Crippen LogP contribution < -0.4 is 10.1 Å². The van der Waals surface area contributed by atoms with Gasteiger partial charge in [-0.25, -0.2) is 0 Å². The fourth-order valence-corrected chi connectivity index (χ4v) is 2.10. The lowest BCUT2D eigenvalue weighted by Gasteiger charge is -2.12. The van der Waals surface area contributed by atoms with Crippen LogP contribution in [0, 0.1) is 6.92 Å². The van der Waals surface area contributed by atoms with Crippen LogP contribution in [0.3, 0.4) is 0 Å². The Morgan fingerprint density at radius 3 is 2.79 bits per heavy atom. The van der Waals surface area contributed by atoms with Gasteiger partial charge in [0, 0.05) is 6.54 Å². The molecule has 1 N–H and O–H groups in total. The first kappa shape index (κ1) is 13.5. The summed E-state index contributed by atoms with van der Waals surface area (Å²) >= 11 is 0. The normalized spacial score (nSPS) is 10.5. The highest BCUT2D eigenvalue weighted by atomic mass is 16.5. The summed E-state index contributed by atoms with van der Waals surface area (Å²) in [5.41, 5.74) is 3.26. The van der Waals surface area contributed by atoms with Crippen molar-refractivity contribution in [2.24, 2.45) is 0 Å². The smallest absolute Gasteiger partial charge is 0.142 e. The van der Waals surface area contributed by atoms with Crippen LogP contribution in [0.4, 0.5) is 5.69 Å². The maximum Gasteiger partial charge on any atom is 0.142 e. The van der Waals surface area contributed by atoms with Crippen LogP contribution >= 0.6 is 0 Å². The molecule has 0 atom stereocenters. The van der Waals surface area contributed by atoms with Crippen LogP contribution in [0.15, 0.2) is 30.3 Å². The van der Waals surface area contributed by atoms with E-state index in [-0.39, 0.29) is 0 Å². The summed E-state index contributed by atoms with van der Waals surface area (Å²) in [6, 6.07) is 10.1. The van der Waals surface area contributed by atoms with Crippen molar-refractivity contribution in [3.8, 4) is 5.75 Å². The molecule has 1 aromatic carbocycles. The second-order valence-electron chi connectivity index (χ2n) is 4.38. The number of anilines is 1. The number of aryl methyl sites for hydroxylation is 2. The second-order valence-corrected chi connectivity index (χ2v) is 4.38. The van der Waals surface area contributed by atoms with E-state index in [2.05, 4.69) is 23.4 Å². The number of hydrogen-bond donors (Lipinski definition) is 1. The summed E-state index contributed by atoms with van der Waals surface area (Å²) < 4.78 is 7.62. The van der Waals surface area contributed by atoms with E-state index >= 15 is 0 Å². The van der Waals surface area contributed by atoms with Crippen LogP contribution in [-0.2, 0) is 13.1 Å². The van der Waals surface area contributed by atoms with Gasteiger partial charge in [-0.15, -0.1) is 0 Å². The quantitative estimate of drug-likeness (QED) is 0.865. The van der Waals surface area contributed by atoms with Crippen molar-refractivity contribution in [2.45, 2.75) is 33.9 Å². The van der Waals surface area contributed by atoms with Gasteiger partial charge in [-0.05, 0) is 39.0 Å². The summed E-state index contributed by atoms with van der Waals surface area (Å²) in [5.74, 6) is 0.893. The molecule has 4 nitrogen and oxygen atoms in total. The van der Waals surface area contributed by atoms with Crippen molar-refractivity contribution < 1.29 is 4.74 Å². The third kappa shape index (κ3) is 3.28. The molecule has 0 radical (unpaired) electrons. The summed E-state index contributed by atoms with van der Waals surface area (Å²) in [4.78, 5) is 0. The maximum atomic E-state index is 5.60. The lowest BCUT2D eigenvalue weighted by atomic mass is 10.2. The van der Waals surface area contributed by atoms with E-state index in [0.29, 0.717) is 6.61 Å². The largest absolute Gasteiger partial charge is 0.492 e. The molecule has 102 valence electrons. The van der Waals surface area contributed by atoms with Gasteiger partial charge in [-0.3, -0.25) is 4.68 Å². The number of rotatable bonds is 6. The van der Waals surface area contributed by atoms with Gasteiger partial charge in [0.2, 0.25) is 0 Å². The Morgan fingerprint density at radius 1 is 1.26 bits per heavy atom. The minimum Gasteiger partial charge on any atom is -0.492 e. The number of benzene rings is 1. The van der Waals surface area contributed by atoms with Crippen LogP contribution in [0.1, 0.15) is 25.2 Å². The Morgan fingerprint density at radius 2 is 2.05 bits per heavy atom. The highest BCUT2D eigenvalue weighted by molar-refractivity contribution is 5.56. The van der Waals surface area contributed by atoms with E-state index in [0.717, 1.165) is 30.2 Å². The summed E-state index contributed by atoms with van der Waals surface area (Å²) in [5, 5.41) is 7.86. The predicted octanol–water partition coefficient (Wildman–Crippen LogP) is 3.22. The number of nitrogens with zero attached hydrogens (tertiary/aromatic N) is 2. The van der Waals surface area contributed by atoms with E-state index in [1.54, 1.807) is 0 Å². The molecule has 0 saturated heterocycles. The second kappa shape index (κ2) is 6.27. The van der Waals surface area contributed by atoms with E-state index < -0.39 is 0 Å². The molecule has 0 aliphatic rings. The zero-order valence-corrected chi connectivity index (χ0v) is 11.8. The fourth-order valence-electron chi connectivity index (χ4n) is 2.10. The molecule has 2 aromatic rings. The molecule has 4 heteroatoms. The molecule has 19 heavy (non-hydrogen) atoms. The topological polar surface area (TPSA) is 39.1 Å². The number of hydrogen-bond acceptors (Lipinski definition) is 3. The third-order valence-electron chi connectivity index (χ3n) is 2.93. The summed E-state index contributed by atoms with van der Waals surface area (Å²) in [6.45, 7) is 8.42. The number of nitrogens with one attached hydrogen (secondary N) is 1. The average molecular weight is 259 g/mol. The molecular weight excluding hydrogens is 238 g/mol. The lowest BCUT2D eigenvalue weighted by molar-refractivity contribution is 0.341. The Hall–Kier alpha value is -1.97. The van der Waals surface area contributed by atoms with Crippen LogP contribution in [0.2, 0.25) is 0 Å². The zero-order chi connectivity index (χ0) is 13.7. The molecule has 0 saturated carbocycles. The average Bonchev–Trinajstić information content (AvgIpc) is 2.78. The van der Waals surface area contributed by atoms with Gasteiger partial charge < -0.3 is 10.1 Å². The molecule has 0 spiro atoms. The van der Waals surface area contributed by atoms with Gasteiger partial charge in [0.25, 0.3) is 0 Å². The Labute approximate surface area is 114 Å². The zero-order valence-electron chi connectivity index (χ0n) is 11.8. The number of aromatic nitrogens is 2. The number of ether oxygens (including phenoxy) is 1. The van der Waals surface area contributed by atoms with Crippen molar-refractivity contribution in [3.63, 3.8) is 0 Å². The molecule has 0 bridgehead atoms. The molecule has 0 aliphatic carbocycles. The third-order valence-corrected chi connectivity index (χ3v) is 2.93. The molecule has 1 aromatic heterocycles. The number of para-hydroxylation sites is 2. The van der Waals surface area contributed by atoms with Crippen molar-refractivity contribution >= 4 is 5.69 Å². The molecule has 0 unspecified atom stereocenters. The first-order chi connectivity index (χ1) is 9.24. The molecule has 0 aliphatic heterocycles. The summed E-state index contributed by atoms with van der Waals surface area (Å²) in [6.07, 6.45) is 0. The molecule has 0 fully saturated rings. The van der Waals surface area contributed by atoms with E-state index in [4.69, 9.17) is 4.74 Å². The minimum atomic E-state index is 0.671. The molecule has 2 rings (SSSR count). The Bertz CT molecular complexity index is 534. The van der Waals surface area contributed by atoms with Crippen molar-refractivity contribution in [3.05, 3.63) is 41.7 Å². The van der Waals surface area contributed by atoms with E-state index in [1.807, 2.05) is 42.8 Å². The van der Waals surface area contributed by atoms with Gasteiger partial charge in [0.15, 0.2) is 0 Å². The molecule has 1 heterocycles. The highest BCUT2D eigenvalue weighted by Gasteiger charge is 2.06. The van der Waals surface area contributed by atoms with Crippen molar-refractivity contribution in [1.29, 1.82) is 0 Å². The maximum absolute atomic E-state index is 5.60. The molecular formula is C15H21N3O. The first-order valence-electron chi connectivity index (χ1n) is 6.73. The van der Waals surface area contributed by atoms with Gasteiger partial charge in [0.1, 0.15) is 5.75 Å². The van der Waals surface area contributed by atoms with Crippen LogP contribution in [0.25, 0.3) is 0 Å². The monoisotopic (exact) mass is 259 g/mol. The lowest BCUT2D eigenvalue weighted by Crippen LogP contribution is -2.08. The fraction of sp³-hybridized carbons (Fsp3) is 0.400. The standard InChI is InChI=1S/C15H21N3O/c1-4-18-13(10-12(3)17-18)11-16-14-8-6-7-9-15(14)19-5-2/h6-10,16H,4-5,11H2,1-3H3. The molecule has 0 amide bonds. The minimum absolute atomic E-state index is 0.671. The van der Waals surface area contributed by atoms with Crippen LogP contribution in [0.5, 0.6) is 5.75 Å². The summed E-state index contributed by atoms with van der Waals surface area (Å²) in [7, 11) is 0. The van der Waals surface area contributed by atoms with E-state index in [1.165, 1.54) is 5.69 Å². The van der Waals surface area contributed by atoms with Crippen LogP contribution in [-0.4, -0.2) is 16.4 Å². The Kier molecular flexibility index (Phi) is 4.44. The predicted molar refractivity (Wildman–Crippen MR) is 77.6 cm³/mol. The highest BCUT2D eigenvalue weighted by Crippen LogP contribution is 2.24. The van der Waals surface area contributed by atoms with Crippen molar-refractivity contribution in [2.75, 3.05) is 11.9 Å². The Balaban J connectivity index is 2.09. The van der Waals surface area contributed by atoms with Gasteiger partial charge in [-0.1, -0.05) is 12.1 Å². The van der Waals surface area contributed by atoms with E-state index in [9.17, 15) is 0 Å². The van der Waals surface area contributed by atoms with Crippen molar-refractivity contribution in [1.82, 2.24) is 9.78 Å². The van der Waals surface area contributed by atoms with Gasteiger partial charge in [0.05, 0.1) is 30.2 Å². The SMILES string of the molecule is CCOc1ccccc1NCc1cc(C)nn1CC.